The van der Waals surface area contributed by atoms with Gasteiger partial charge in [-0.15, -0.1) is 0 Å². The van der Waals surface area contributed by atoms with Crippen LogP contribution in [0.2, 0.25) is 0 Å². The molecule has 0 saturated heterocycles. The van der Waals surface area contributed by atoms with Crippen LogP contribution in [0.3, 0.4) is 0 Å². The van der Waals surface area contributed by atoms with Crippen molar-refractivity contribution in [1.82, 2.24) is 0 Å². The summed E-state index contributed by atoms with van der Waals surface area (Å²) in [5.41, 5.74) is 1.53. The van der Waals surface area contributed by atoms with Crippen LogP contribution in [0.4, 0.5) is 0 Å². The maximum absolute atomic E-state index is 2.27. The highest BCUT2D eigenvalue weighted by atomic mass is 32.1. The van der Waals surface area contributed by atoms with Crippen molar-refractivity contribution in [2.75, 3.05) is 0 Å². The summed E-state index contributed by atoms with van der Waals surface area (Å²) in [7, 11) is 0. The zero-order valence-corrected chi connectivity index (χ0v) is 10.1. The average molecular weight is 210 g/mol. The molecule has 1 aromatic heterocycles. The largest absolute Gasteiger partial charge is 0.152 e. The Morgan fingerprint density at radius 1 is 1.00 bits per heavy atom. The molecular weight excluding hydrogens is 188 g/mol. The zero-order chi connectivity index (χ0) is 10.1. The fourth-order valence-corrected chi connectivity index (χ4v) is 2.42. The molecule has 0 aliphatic heterocycles. The highest BCUT2D eigenvalue weighted by molar-refractivity contribution is 7.07. The molecule has 80 valence electrons. The molecule has 1 aromatic rings. The number of aryl methyl sites for hydroxylation is 1. The first-order valence-electron chi connectivity index (χ1n) is 5.94. The molecule has 1 rings (SSSR count). The van der Waals surface area contributed by atoms with E-state index in [2.05, 4.69) is 23.8 Å². The van der Waals surface area contributed by atoms with Gasteiger partial charge < -0.3 is 0 Å². The van der Waals surface area contributed by atoms with E-state index in [1.807, 2.05) is 11.3 Å². The SMILES string of the molecule is CCCCCCCCCc1ccsc1. The van der Waals surface area contributed by atoms with Gasteiger partial charge in [-0.2, -0.15) is 11.3 Å². The summed E-state index contributed by atoms with van der Waals surface area (Å²) in [6, 6.07) is 2.25. The van der Waals surface area contributed by atoms with Gasteiger partial charge in [-0.1, -0.05) is 45.4 Å². The summed E-state index contributed by atoms with van der Waals surface area (Å²) in [5.74, 6) is 0. The Balaban J connectivity index is 1.85. The van der Waals surface area contributed by atoms with Crippen LogP contribution in [0.5, 0.6) is 0 Å². The monoisotopic (exact) mass is 210 g/mol. The number of unbranched alkanes of at least 4 members (excludes halogenated alkanes) is 6. The van der Waals surface area contributed by atoms with Crippen LogP contribution >= 0.6 is 11.3 Å². The number of hydrogen-bond donors (Lipinski definition) is 0. The summed E-state index contributed by atoms with van der Waals surface area (Å²) < 4.78 is 0. The second kappa shape index (κ2) is 8.05. The van der Waals surface area contributed by atoms with Crippen LogP contribution < -0.4 is 0 Å². The first-order chi connectivity index (χ1) is 6.93. The highest BCUT2D eigenvalue weighted by Gasteiger charge is 1.93. The van der Waals surface area contributed by atoms with Crippen LogP contribution in [0, 0.1) is 0 Å². The van der Waals surface area contributed by atoms with E-state index in [0.717, 1.165) is 0 Å². The molecule has 0 saturated carbocycles. The average Bonchev–Trinajstić information content (AvgIpc) is 2.69. The van der Waals surface area contributed by atoms with Crippen molar-refractivity contribution in [3.8, 4) is 0 Å². The van der Waals surface area contributed by atoms with Crippen LogP contribution in [0.15, 0.2) is 16.8 Å². The van der Waals surface area contributed by atoms with Crippen LogP contribution in [0.25, 0.3) is 0 Å². The maximum atomic E-state index is 2.27. The number of rotatable bonds is 8. The van der Waals surface area contributed by atoms with Gasteiger partial charge >= 0.3 is 0 Å². The van der Waals surface area contributed by atoms with Gasteiger partial charge in [0, 0.05) is 0 Å². The minimum atomic E-state index is 1.29. The van der Waals surface area contributed by atoms with E-state index < -0.39 is 0 Å². The van der Waals surface area contributed by atoms with Crippen molar-refractivity contribution in [2.24, 2.45) is 0 Å². The van der Waals surface area contributed by atoms with Crippen molar-refractivity contribution in [1.29, 1.82) is 0 Å². The summed E-state index contributed by atoms with van der Waals surface area (Å²) >= 11 is 1.81. The molecule has 0 nitrogen and oxygen atoms in total. The summed E-state index contributed by atoms with van der Waals surface area (Å²) in [6.45, 7) is 2.27. The third kappa shape index (κ3) is 5.43. The molecule has 0 aliphatic carbocycles. The molecule has 0 radical (unpaired) electrons. The smallest absolute Gasteiger partial charge is 0.00613 e. The molecule has 0 unspecified atom stereocenters. The van der Waals surface area contributed by atoms with E-state index in [1.54, 1.807) is 0 Å². The van der Waals surface area contributed by atoms with E-state index in [9.17, 15) is 0 Å². The Kier molecular flexibility index (Phi) is 6.77. The Morgan fingerprint density at radius 2 is 1.71 bits per heavy atom. The highest BCUT2D eigenvalue weighted by Crippen LogP contribution is 2.12. The van der Waals surface area contributed by atoms with Gasteiger partial charge in [0.25, 0.3) is 0 Å². The molecule has 1 heterocycles. The molecule has 0 aliphatic rings. The number of thiophene rings is 1. The van der Waals surface area contributed by atoms with Crippen molar-refractivity contribution < 1.29 is 0 Å². The Morgan fingerprint density at radius 3 is 2.36 bits per heavy atom. The fourth-order valence-electron chi connectivity index (χ4n) is 1.72. The van der Waals surface area contributed by atoms with E-state index in [0.29, 0.717) is 0 Å². The topological polar surface area (TPSA) is 0 Å². The first kappa shape index (κ1) is 11.8. The van der Waals surface area contributed by atoms with Crippen molar-refractivity contribution in [3.05, 3.63) is 22.4 Å². The molecule has 0 fully saturated rings. The van der Waals surface area contributed by atoms with Crippen LogP contribution in [0.1, 0.15) is 57.4 Å². The predicted octanol–water partition coefficient (Wildman–Crippen LogP) is 5.04. The van der Waals surface area contributed by atoms with E-state index >= 15 is 0 Å². The maximum Gasteiger partial charge on any atom is -0.00613 e. The molecule has 0 bridgehead atoms. The second-order valence-electron chi connectivity index (χ2n) is 4.00. The standard InChI is InChI=1S/C13H22S/c1-2-3-4-5-6-7-8-9-13-10-11-14-12-13/h10-12H,2-9H2,1H3. The molecular formula is C13H22S. The Bertz CT molecular complexity index is 201. The first-order valence-corrected chi connectivity index (χ1v) is 6.89. The molecule has 0 amide bonds. The Labute approximate surface area is 92.4 Å². The third-order valence-electron chi connectivity index (χ3n) is 2.65. The third-order valence-corrected chi connectivity index (χ3v) is 3.38. The molecule has 0 aromatic carbocycles. The lowest BCUT2D eigenvalue weighted by Crippen LogP contribution is -1.83. The van der Waals surface area contributed by atoms with Crippen LogP contribution in [-0.4, -0.2) is 0 Å². The van der Waals surface area contributed by atoms with Gasteiger partial charge in [0.15, 0.2) is 0 Å². The fraction of sp³-hybridized carbons (Fsp3) is 0.692. The van der Waals surface area contributed by atoms with Gasteiger partial charge in [-0.3, -0.25) is 0 Å². The Hall–Kier alpha value is -0.300. The summed E-state index contributed by atoms with van der Waals surface area (Å²) in [6.07, 6.45) is 11.2. The zero-order valence-electron chi connectivity index (χ0n) is 9.30. The van der Waals surface area contributed by atoms with E-state index in [-0.39, 0.29) is 0 Å². The summed E-state index contributed by atoms with van der Waals surface area (Å²) in [4.78, 5) is 0. The van der Waals surface area contributed by atoms with Gasteiger partial charge in [0.05, 0.1) is 0 Å². The lowest BCUT2D eigenvalue weighted by Gasteiger charge is -2.00. The second-order valence-corrected chi connectivity index (χ2v) is 4.78. The van der Waals surface area contributed by atoms with E-state index in [1.165, 1.54) is 56.9 Å². The van der Waals surface area contributed by atoms with Gasteiger partial charge in [0.2, 0.25) is 0 Å². The minimum Gasteiger partial charge on any atom is -0.152 e. The quantitative estimate of drug-likeness (QED) is 0.527. The molecule has 1 heteroatoms. The van der Waals surface area contributed by atoms with Gasteiger partial charge in [-0.25, -0.2) is 0 Å². The molecule has 0 atom stereocenters. The summed E-state index contributed by atoms with van der Waals surface area (Å²) in [5, 5.41) is 4.45. The normalized spacial score (nSPS) is 10.6. The van der Waals surface area contributed by atoms with Crippen LogP contribution in [-0.2, 0) is 6.42 Å². The molecule has 14 heavy (non-hydrogen) atoms. The van der Waals surface area contributed by atoms with Gasteiger partial charge in [0.1, 0.15) is 0 Å². The van der Waals surface area contributed by atoms with Crippen molar-refractivity contribution in [3.63, 3.8) is 0 Å². The predicted molar refractivity (Wildman–Crippen MR) is 66.0 cm³/mol. The number of hydrogen-bond acceptors (Lipinski definition) is 1. The molecule has 0 spiro atoms. The van der Waals surface area contributed by atoms with Gasteiger partial charge in [-0.05, 0) is 35.2 Å². The van der Waals surface area contributed by atoms with E-state index in [4.69, 9.17) is 0 Å². The lowest BCUT2D eigenvalue weighted by atomic mass is 10.1. The van der Waals surface area contributed by atoms with Crippen molar-refractivity contribution in [2.45, 2.75) is 58.3 Å². The molecule has 0 N–H and O–H groups in total. The van der Waals surface area contributed by atoms with Crippen molar-refractivity contribution >= 4 is 11.3 Å². The lowest BCUT2D eigenvalue weighted by molar-refractivity contribution is 0.589. The minimum absolute atomic E-state index is 1.29.